The number of aromatic nitrogens is 2. The molecule has 0 saturated carbocycles. The number of imidazole rings is 1. The van der Waals surface area contributed by atoms with Crippen molar-refractivity contribution in [1.29, 1.82) is 0 Å². The second-order valence-electron chi connectivity index (χ2n) is 6.76. The molecule has 0 bridgehead atoms. The molecule has 0 aliphatic carbocycles. The summed E-state index contributed by atoms with van der Waals surface area (Å²) in [7, 11) is 0. The minimum atomic E-state index is -1.68. The van der Waals surface area contributed by atoms with Crippen LogP contribution in [0.25, 0.3) is 0 Å². The van der Waals surface area contributed by atoms with Crippen molar-refractivity contribution in [3.05, 3.63) is 126 Å². The lowest BCUT2D eigenvalue weighted by Crippen LogP contribution is -2.37. The fourth-order valence-electron chi connectivity index (χ4n) is 3.77. The average Bonchev–Trinajstić information content (AvgIpc) is 3.26. The van der Waals surface area contributed by atoms with Crippen LogP contribution in [0.3, 0.4) is 0 Å². The van der Waals surface area contributed by atoms with Crippen LogP contribution >= 0.6 is 0 Å². The molecule has 29 heavy (non-hydrogen) atoms. The Labute approximate surface area is 168 Å². The molecule has 4 aromatic rings. The first-order valence-corrected chi connectivity index (χ1v) is 9.26. The predicted octanol–water partition coefficient (Wildman–Crippen LogP) is 3.84. The van der Waals surface area contributed by atoms with E-state index in [0.29, 0.717) is 0 Å². The second kappa shape index (κ2) is 7.73. The van der Waals surface area contributed by atoms with Gasteiger partial charge in [0, 0.05) is 6.20 Å². The molecule has 144 valence electrons. The average molecular weight is 384 g/mol. The molecule has 1 atom stereocenters. The maximum Gasteiger partial charge on any atom is 0.338 e. The number of aliphatic hydroxyl groups excluding tert-OH is 1. The summed E-state index contributed by atoms with van der Waals surface area (Å²) in [6.07, 6.45) is 1.50. The topological polar surface area (TPSA) is 75.3 Å². The summed E-state index contributed by atoms with van der Waals surface area (Å²) in [4.78, 5) is 15.5. The zero-order chi connectivity index (χ0) is 20.3. The van der Waals surface area contributed by atoms with Gasteiger partial charge >= 0.3 is 5.97 Å². The Balaban J connectivity index is 2.05. The van der Waals surface area contributed by atoms with Gasteiger partial charge in [-0.1, -0.05) is 91.0 Å². The lowest BCUT2D eigenvalue weighted by atomic mass is 9.77. The Morgan fingerprint density at radius 3 is 1.59 bits per heavy atom. The Kier molecular flexibility index (Phi) is 4.97. The van der Waals surface area contributed by atoms with Gasteiger partial charge in [-0.2, -0.15) is 0 Å². The summed E-state index contributed by atoms with van der Waals surface area (Å²) in [5, 5.41) is 19.2. The van der Waals surface area contributed by atoms with Gasteiger partial charge in [0.05, 0.1) is 12.0 Å². The van der Waals surface area contributed by atoms with Crippen LogP contribution in [0, 0.1) is 0 Å². The maximum absolute atomic E-state index is 11.3. The van der Waals surface area contributed by atoms with Crippen molar-refractivity contribution in [3.63, 3.8) is 0 Å². The molecule has 0 spiro atoms. The van der Waals surface area contributed by atoms with Crippen molar-refractivity contribution >= 4 is 5.97 Å². The van der Waals surface area contributed by atoms with E-state index < -0.39 is 17.6 Å². The zero-order valence-electron chi connectivity index (χ0n) is 15.6. The van der Waals surface area contributed by atoms with Crippen molar-refractivity contribution in [1.82, 2.24) is 9.55 Å². The van der Waals surface area contributed by atoms with Gasteiger partial charge in [0.25, 0.3) is 0 Å². The molecule has 0 aliphatic rings. The molecule has 4 rings (SSSR count). The largest absolute Gasteiger partial charge is 0.479 e. The highest BCUT2D eigenvalue weighted by molar-refractivity contribution is 5.73. The van der Waals surface area contributed by atoms with E-state index in [4.69, 9.17) is 0 Å². The molecule has 0 saturated heterocycles. The highest BCUT2D eigenvalue weighted by atomic mass is 16.4. The summed E-state index contributed by atoms with van der Waals surface area (Å²) in [6.45, 7) is 0. The van der Waals surface area contributed by atoms with E-state index in [0.717, 1.165) is 16.7 Å². The molecular weight excluding hydrogens is 364 g/mol. The number of carboxylic acids is 1. The second-order valence-corrected chi connectivity index (χ2v) is 6.76. The van der Waals surface area contributed by atoms with Gasteiger partial charge in [-0.05, 0) is 16.7 Å². The molecule has 0 aliphatic heterocycles. The number of carbonyl (C=O) groups is 1. The lowest BCUT2D eigenvalue weighted by molar-refractivity contribution is -0.147. The first-order chi connectivity index (χ1) is 14.1. The highest BCUT2D eigenvalue weighted by Gasteiger charge is 2.38. The molecular formula is C24H20N2O3. The van der Waals surface area contributed by atoms with E-state index in [1.165, 1.54) is 0 Å². The van der Waals surface area contributed by atoms with Gasteiger partial charge in [0.15, 0.2) is 6.10 Å². The molecule has 1 unspecified atom stereocenters. The smallest absolute Gasteiger partial charge is 0.338 e. The van der Waals surface area contributed by atoms with Crippen LogP contribution in [0.1, 0.15) is 28.5 Å². The summed E-state index contributed by atoms with van der Waals surface area (Å²) in [5.74, 6) is -1.33. The summed E-state index contributed by atoms with van der Waals surface area (Å²) >= 11 is 0. The Bertz CT molecular complexity index is 996. The quantitative estimate of drug-likeness (QED) is 0.495. The van der Waals surface area contributed by atoms with Crippen molar-refractivity contribution in [2.45, 2.75) is 11.6 Å². The van der Waals surface area contributed by atoms with Crippen LogP contribution < -0.4 is 0 Å². The van der Waals surface area contributed by atoms with Crippen LogP contribution in [0.5, 0.6) is 0 Å². The first kappa shape index (κ1) is 18.7. The molecule has 3 aromatic carbocycles. The Morgan fingerprint density at radius 2 is 1.21 bits per heavy atom. The van der Waals surface area contributed by atoms with Gasteiger partial charge < -0.3 is 14.8 Å². The number of carboxylic acid groups (broad SMARTS) is 1. The van der Waals surface area contributed by atoms with E-state index in [9.17, 15) is 15.0 Å². The molecule has 1 heterocycles. The van der Waals surface area contributed by atoms with E-state index in [-0.39, 0.29) is 5.69 Å². The number of aliphatic hydroxyl groups is 1. The normalized spacial score (nSPS) is 12.4. The van der Waals surface area contributed by atoms with E-state index in [1.54, 1.807) is 12.5 Å². The van der Waals surface area contributed by atoms with Gasteiger partial charge in [0.2, 0.25) is 0 Å². The number of nitrogens with zero attached hydrogens (tertiary/aromatic N) is 2. The Hall–Kier alpha value is -3.70. The standard InChI is InChI=1S/C24H20N2O3/c27-22(23(28)29)21-16-26(17-25-21)24(18-10-4-1-5-11-18,19-12-6-2-7-13-19)20-14-8-3-9-15-20/h1-17,22,27H,(H,28,29). The Morgan fingerprint density at radius 1 is 0.793 bits per heavy atom. The van der Waals surface area contributed by atoms with E-state index in [2.05, 4.69) is 4.98 Å². The number of aliphatic carboxylic acids is 1. The molecule has 2 N–H and O–H groups in total. The molecule has 0 amide bonds. The van der Waals surface area contributed by atoms with Crippen molar-refractivity contribution < 1.29 is 15.0 Å². The fraction of sp³-hybridized carbons (Fsp3) is 0.0833. The summed E-state index contributed by atoms with van der Waals surface area (Å²) < 4.78 is 1.87. The SMILES string of the molecule is O=C(O)C(O)c1cn(C(c2ccccc2)(c2ccccc2)c2ccccc2)cn1. The summed E-state index contributed by atoms with van der Waals surface area (Å²) in [6, 6.07) is 29.9. The lowest BCUT2D eigenvalue weighted by Gasteiger charge is -2.37. The fourth-order valence-corrected chi connectivity index (χ4v) is 3.77. The van der Waals surface area contributed by atoms with Gasteiger partial charge in [-0.3, -0.25) is 0 Å². The van der Waals surface area contributed by atoms with Crippen LogP contribution in [0.4, 0.5) is 0 Å². The van der Waals surface area contributed by atoms with E-state index in [1.807, 2.05) is 95.6 Å². The third-order valence-electron chi connectivity index (χ3n) is 5.08. The minimum absolute atomic E-state index is 0.0877. The molecule has 0 fully saturated rings. The molecule has 5 heteroatoms. The van der Waals surface area contributed by atoms with Gasteiger partial charge in [-0.25, -0.2) is 9.78 Å². The van der Waals surface area contributed by atoms with Crippen molar-refractivity contribution in [3.8, 4) is 0 Å². The number of rotatable bonds is 6. The number of benzene rings is 3. The van der Waals surface area contributed by atoms with Crippen LogP contribution in [0.2, 0.25) is 0 Å². The third kappa shape index (κ3) is 3.22. The van der Waals surface area contributed by atoms with Gasteiger partial charge in [0.1, 0.15) is 5.54 Å². The number of hydrogen-bond acceptors (Lipinski definition) is 3. The van der Waals surface area contributed by atoms with Gasteiger partial charge in [-0.15, -0.1) is 0 Å². The molecule has 5 nitrogen and oxygen atoms in total. The first-order valence-electron chi connectivity index (χ1n) is 9.26. The number of hydrogen-bond donors (Lipinski definition) is 2. The predicted molar refractivity (Wildman–Crippen MR) is 109 cm³/mol. The van der Waals surface area contributed by atoms with Crippen molar-refractivity contribution in [2.75, 3.05) is 0 Å². The zero-order valence-corrected chi connectivity index (χ0v) is 15.6. The maximum atomic E-state index is 11.3. The monoisotopic (exact) mass is 384 g/mol. The summed E-state index contributed by atoms with van der Waals surface area (Å²) in [5.41, 5.74) is 2.28. The highest BCUT2D eigenvalue weighted by Crippen LogP contribution is 2.40. The van der Waals surface area contributed by atoms with Crippen LogP contribution in [-0.2, 0) is 10.3 Å². The van der Waals surface area contributed by atoms with E-state index >= 15 is 0 Å². The minimum Gasteiger partial charge on any atom is -0.479 e. The van der Waals surface area contributed by atoms with Crippen molar-refractivity contribution in [2.24, 2.45) is 0 Å². The van der Waals surface area contributed by atoms with Crippen LogP contribution in [0.15, 0.2) is 104 Å². The molecule has 0 radical (unpaired) electrons. The third-order valence-corrected chi connectivity index (χ3v) is 5.08. The molecule has 1 aromatic heterocycles. The van der Waals surface area contributed by atoms with Crippen LogP contribution in [-0.4, -0.2) is 25.7 Å².